The Morgan fingerprint density at radius 2 is 2.06 bits per heavy atom. The average Bonchev–Trinajstić information content (AvgIpc) is 2.77. The molecule has 0 N–H and O–H groups in total. The summed E-state index contributed by atoms with van der Waals surface area (Å²) in [6, 6.07) is 9.95. The third-order valence-electron chi connectivity index (χ3n) is 3.29. The quantitative estimate of drug-likeness (QED) is 0.441. The van der Waals surface area contributed by atoms with Gasteiger partial charge in [-0.15, -0.1) is 0 Å². The Bertz CT molecular complexity index is 420. The van der Waals surface area contributed by atoms with Crippen molar-refractivity contribution in [1.82, 2.24) is 0 Å². The van der Waals surface area contributed by atoms with Gasteiger partial charge in [-0.05, 0) is 18.4 Å². The lowest BCUT2D eigenvalue weighted by Gasteiger charge is -2.07. The van der Waals surface area contributed by atoms with Crippen molar-refractivity contribution in [2.75, 3.05) is 0 Å². The zero-order valence-corrected chi connectivity index (χ0v) is 10.9. The van der Waals surface area contributed by atoms with Gasteiger partial charge in [-0.1, -0.05) is 56.2 Å². The first-order valence-corrected chi connectivity index (χ1v) is 6.76. The summed E-state index contributed by atoms with van der Waals surface area (Å²) < 4.78 is 5.41. The van der Waals surface area contributed by atoms with E-state index in [9.17, 15) is 4.79 Å². The molecule has 0 bridgehead atoms. The number of carbonyl (C=O) groups excluding carboxylic acids is 1. The molecule has 1 atom stereocenters. The minimum atomic E-state index is -0.139. The summed E-state index contributed by atoms with van der Waals surface area (Å²) in [4.78, 5) is 11.7. The largest absolute Gasteiger partial charge is 0.454 e. The van der Waals surface area contributed by atoms with Crippen LogP contribution in [0.4, 0.5) is 0 Å². The second-order valence-corrected chi connectivity index (χ2v) is 4.73. The number of allylic oxidation sites excluding steroid dienone is 1. The zero-order chi connectivity index (χ0) is 12.8. The zero-order valence-electron chi connectivity index (χ0n) is 10.9. The number of rotatable bonds is 5. The fourth-order valence-electron chi connectivity index (χ4n) is 2.22. The Hall–Kier alpha value is -1.57. The standard InChI is InChI=1S/C16H20O2/c1-2-3-4-6-11-14-12-15(18-16(14)17)13-9-7-5-8-10-13/h5,7-11,15H,2-4,6,12H2,1H3/b14-11-. The van der Waals surface area contributed by atoms with E-state index in [2.05, 4.69) is 13.0 Å². The van der Waals surface area contributed by atoms with Gasteiger partial charge in [0.25, 0.3) is 0 Å². The molecule has 1 saturated heterocycles. The van der Waals surface area contributed by atoms with Crippen molar-refractivity contribution in [1.29, 1.82) is 0 Å². The van der Waals surface area contributed by atoms with Crippen LogP contribution in [0, 0.1) is 0 Å². The van der Waals surface area contributed by atoms with Crippen molar-refractivity contribution in [3.8, 4) is 0 Å². The van der Waals surface area contributed by atoms with Gasteiger partial charge in [0, 0.05) is 12.0 Å². The fraction of sp³-hybridized carbons (Fsp3) is 0.438. The number of unbranched alkanes of at least 4 members (excludes halogenated alkanes) is 3. The number of hydrogen-bond acceptors (Lipinski definition) is 2. The van der Waals surface area contributed by atoms with Gasteiger partial charge in [0.2, 0.25) is 0 Å². The highest BCUT2D eigenvalue weighted by atomic mass is 16.5. The van der Waals surface area contributed by atoms with Gasteiger partial charge < -0.3 is 4.74 Å². The fourth-order valence-corrected chi connectivity index (χ4v) is 2.22. The Kier molecular flexibility index (Phi) is 4.57. The predicted octanol–water partition coefficient (Wildman–Crippen LogP) is 4.18. The lowest BCUT2D eigenvalue weighted by molar-refractivity contribution is -0.139. The Balaban J connectivity index is 1.95. The molecule has 0 aliphatic carbocycles. The topological polar surface area (TPSA) is 26.3 Å². The maximum absolute atomic E-state index is 11.7. The predicted molar refractivity (Wildman–Crippen MR) is 72.1 cm³/mol. The van der Waals surface area contributed by atoms with E-state index in [4.69, 9.17) is 4.74 Å². The monoisotopic (exact) mass is 244 g/mol. The molecule has 1 heterocycles. The van der Waals surface area contributed by atoms with E-state index in [0.29, 0.717) is 0 Å². The van der Waals surface area contributed by atoms with E-state index in [1.54, 1.807) is 0 Å². The second-order valence-electron chi connectivity index (χ2n) is 4.73. The summed E-state index contributed by atoms with van der Waals surface area (Å²) >= 11 is 0. The van der Waals surface area contributed by atoms with Crippen LogP contribution in [0.1, 0.15) is 50.7 Å². The molecular weight excluding hydrogens is 224 g/mol. The molecule has 1 aliphatic heterocycles. The first-order chi connectivity index (χ1) is 8.81. The molecule has 96 valence electrons. The van der Waals surface area contributed by atoms with Crippen LogP contribution in [-0.4, -0.2) is 5.97 Å². The molecule has 1 aromatic rings. The molecule has 2 nitrogen and oxygen atoms in total. The van der Waals surface area contributed by atoms with E-state index in [-0.39, 0.29) is 12.1 Å². The first kappa shape index (κ1) is 12.9. The van der Waals surface area contributed by atoms with Crippen LogP contribution in [-0.2, 0) is 9.53 Å². The highest BCUT2D eigenvalue weighted by Gasteiger charge is 2.29. The number of hydrogen-bond donors (Lipinski definition) is 0. The van der Waals surface area contributed by atoms with Crippen LogP contribution in [0.25, 0.3) is 0 Å². The summed E-state index contributed by atoms with van der Waals surface area (Å²) in [5.74, 6) is -0.139. The van der Waals surface area contributed by atoms with Gasteiger partial charge >= 0.3 is 5.97 Å². The molecule has 1 fully saturated rings. The maximum Gasteiger partial charge on any atom is 0.334 e. The van der Waals surface area contributed by atoms with E-state index in [0.717, 1.165) is 30.4 Å². The highest BCUT2D eigenvalue weighted by Crippen LogP contribution is 2.33. The number of benzene rings is 1. The Morgan fingerprint density at radius 1 is 1.28 bits per heavy atom. The van der Waals surface area contributed by atoms with Crippen LogP contribution in [0.3, 0.4) is 0 Å². The average molecular weight is 244 g/mol. The normalized spacial score (nSPS) is 21.3. The maximum atomic E-state index is 11.7. The summed E-state index contributed by atoms with van der Waals surface area (Å²) in [5, 5.41) is 0. The molecule has 1 aromatic carbocycles. The summed E-state index contributed by atoms with van der Waals surface area (Å²) in [6.45, 7) is 2.18. The van der Waals surface area contributed by atoms with Crippen molar-refractivity contribution in [3.05, 3.63) is 47.5 Å². The summed E-state index contributed by atoms with van der Waals surface area (Å²) in [5.41, 5.74) is 1.93. The van der Waals surface area contributed by atoms with Gasteiger partial charge in [-0.3, -0.25) is 0 Å². The minimum absolute atomic E-state index is 0.0869. The van der Waals surface area contributed by atoms with Crippen LogP contribution < -0.4 is 0 Å². The number of ether oxygens (including phenoxy) is 1. The third-order valence-corrected chi connectivity index (χ3v) is 3.29. The first-order valence-electron chi connectivity index (χ1n) is 6.76. The van der Waals surface area contributed by atoms with Crippen LogP contribution in [0.2, 0.25) is 0 Å². The third kappa shape index (κ3) is 3.22. The van der Waals surface area contributed by atoms with Crippen molar-refractivity contribution >= 4 is 5.97 Å². The molecule has 18 heavy (non-hydrogen) atoms. The SMILES string of the molecule is CCCCC/C=C1/CC(c2ccccc2)OC1=O. The van der Waals surface area contributed by atoms with Gasteiger partial charge in [0.05, 0.1) is 0 Å². The minimum Gasteiger partial charge on any atom is -0.454 e. The van der Waals surface area contributed by atoms with Gasteiger partial charge in [-0.2, -0.15) is 0 Å². The van der Waals surface area contributed by atoms with Crippen LogP contribution in [0.5, 0.6) is 0 Å². The van der Waals surface area contributed by atoms with Crippen LogP contribution in [0.15, 0.2) is 42.0 Å². The van der Waals surface area contributed by atoms with Crippen molar-refractivity contribution in [2.24, 2.45) is 0 Å². The molecule has 1 aliphatic rings. The van der Waals surface area contributed by atoms with Crippen molar-refractivity contribution in [3.63, 3.8) is 0 Å². The molecule has 0 aromatic heterocycles. The summed E-state index contributed by atoms with van der Waals surface area (Å²) in [7, 11) is 0. The van der Waals surface area contributed by atoms with Crippen molar-refractivity contribution in [2.45, 2.75) is 45.1 Å². The van der Waals surface area contributed by atoms with E-state index < -0.39 is 0 Å². The van der Waals surface area contributed by atoms with E-state index >= 15 is 0 Å². The molecular formula is C16H20O2. The Morgan fingerprint density at radius 3 is 2.78 bits per heavy atom. The summed E-state index contributed by atoms with van der Waals surface area (Å²) in [6.07, 6.45) is 7.26. The highest BCUT2D eigenvalue weighted by molar-refractivity contribution is 5.90. The molecule has 0 amide bonds. The van der Waals surface area contributed by atoms with Gasteiger partial charge in [-0.25, -0.2) is 4.79 Å². The van der Waals surface area contributed by atoms with E-state index in [1.807, 2.05) is 30.3 Å². The molecule has 0 saturated carbocycles. The molecule has 0 radical (unpaired) electrons. The van der Waals surface area contributed by atoms with Gasteiger partial charge in [0.1, 0.15) is 6.10 Å². The molecule has 2 heteroatoms. The van der Waals surface area contributed by atoms with Gasteiger partial charge in [0.15, 0.2) is 0 Å². The second kappa shape index (κ2) is 6.39. The number of esters is 1. The van der Waals surface area contributed by atoms with Crippen molar-refractivity contribution < 1.29 is 9.53 Å². The molecule has 0 spiro atoms. The number of cyclic esters (lactones) is 1. The van der Waals surface area contributed by atoms with E-state index in [1.165, 1.54) is 12.8 Å². The van der Waals surface area contributed by atoms with Crippen LogP contribution >= 0.6 is 0 Å². The number of carbonyl (C=O) groups is 1. The lowest BCUT2D eigenvalue weighted by atomic mass is 10.0. The lowest BCUT2D eigenvalue weighted by Crippen LogP contribution is -1.98. The molecule has 2 rings (SSSR count). The Labute approximate surface area is 109 Å². The molecule has 1 unspecified atom stereocenters. The smallest absolute Gasteiger partial charge is 0.334 e.